The van der Waals surface area contributed by atoms with Crippen molar-refractivity contribution >= 4 is 56.3 Å². The topological polar surface area (TPSA) is 92.8 Å². The second-order valence-electron chi connectivity index (χ2n) is 7.39. The molecule has 0 aliphatic carbocycles. The second-order valence-corrected chi connectivity index (χ2v) is 10.2. The third-order valence-electron chi connectivity index (χ3n) is 5.00. The maximum atomic E-state index is 13.1. The minimum Gasteiger partial charge on any atom is -0.476 e. The molecule has 7 nitrogen and oxygen atoms in total. The average molecular weight is 505 g/mol. The van der Waals surface area contributed by atoms with Gasteiger partial charge in [0.1, 0.15) is 5.75 Å². The van der Waals surface area contributed by atoms with Crippen LogP contribution in [-0.4, -0.2) is 39.0 Å². The van der Waals surface area contributed by atoms with Gasteiger partial charge in [-0.05, 0) is 36.4 Å². The first-order chi connectivity index (χ1) is 15.6. The molecule has 0 unspecified atom stereocenters. The van der Waals surface area contributed by atoms with E-state index in [9.17, 15) is 18.0 Å². The summed E-state index contributed by atoms with van der Waals surface area (Å²) in [6, 6.07) is 17.6. The van der Waals surface area contributed by atoms with Gasteiger partial charge in [-0.1, -0.05) is 53.5 Å². The lowest BCUT2D eigenvalue weighted by Crippen LogP contribution is -2.48. The number of fused-ring (bicyclic) bond motifs is 1. The van der Waals surface area contributed by atoms with E-state index in [1.807, 2.05) is 0 Å². The standard InChI is InChI=1S/C23H18Cl2N2O5S/c1-33(30,31)27-13-21(32-20-10-8-16(25)12-19(20)27)23(29)26-18-9-7-15(24)11-17(18)22(28)14-5-3-2-4-6-14/h2-12,21H,13H2,1H3,(H,26,29)/t21-/m1/s1. The van der Waals surface area contributed by atoms with Crippen molar-refractivity contribution in [2.24, 2.45) is 0 Å². The number of halogens is 2. The molecule has 0 aromatic heterocycles. The quantitative estimate of drug-likeness (QED) is 0.520. The van der Waals surface area contributed by atoms with E-state index in [0.717, 1.165) is 10.6 Å². The molecule has 3 aromatic carbocycles. The Hall–Kier alpha value is -3.07. The number of carbonyl (C=O) groups excluding carboxylic acids is 2. The summed E-state index contributed by atoms with van der Waals surface area (Å²) in [4.78, 5) is 26.1. The van der Waals surface area contributed by atoms with Crippen LogP contribution in [0.1, 0.15) is 15.9 Å². The highest BCUT2D eigenvalue weighted by atomic mass is 35.5. The summed E-state index contributed by atoms with van der Waals surface area (Å²) in [6.07, 6.45) is -0.128. The molecule has 1 atom stereocenters. The number of carbonyl (C=O) groups is 2. The van der Waals surface area contributed by atoms with E-state index in [4.69, 9.17) is 27.9 Å². The molecule has 4 rings (SSSR count). The number of benzene rings is 3. The SMILES string of the molecule is CS(=O)(=O)N1C[C@H](C(=O)Nc2ccc(Cl)cc2C(=O)c2ccccc2)Oc2ccc(Cl)cc21. The molecule has 33 heavy (non-hydrogen) atoms. The van der Waals surface area contributed by atoms with Crippen molar-refractivity contribution in [3.63, 3.8) is 0 Å². The van der Waals surface area contributed by atoms with E-state index in [1.165, 1.54) is 30.3 Å². The van der Waals surface area contributed by atoms with Gasteiger partial charge in [0.15, 0.2) is 11.9 Å². The third-order valence-corrected chi connectivity index (χ3v) is 6.62. The van der Waals surface area contributed by atoms with E-state index in [2.05, 4.69) is 5.32 Å². The molecule has 0 saturated heterocycles. The van der Waals surface area contributed by atoms with Crippen molar-refractivity contribution in [3.05, 3.63) is 87.9 Å². The van der Waals surface area contributed by atoms with Gasteiger partial charge < -0.3 is 10.1 Å². The minimum absolute atomic E-state index is 0.199. The lowest BCUT2D eigenvalue weighted by atomic mass is 10.0. The van der Waals surface area contributed by atoms with Crippen LogP contribution in [0, 0.1) is 0 Å². The lowest BCUT2D eigenvalue weighted by molar-refractivity contribution is -0.122. The van der Waals surface area contributed by atoms with Crippen molar-refractivity contribution in [3.8, 4) is 5.75 Å². The molecule has 0 fully saturated rings. The number of ether oxygens (including phenoxy) is 1. The van der Waals surface area contributed by atoms with E-state index in [0.29, 0.717) is 15.6 Å². The summed E-state index contributed by atoms with van der Waals surface area (Å²) >= 11 is 12.1. The summed E-state index contributed by atoms with van der Waals surface area (Å²) < 4.78 is 31.6. The van der Waals surface area contributed by atoms with Gasteiger partial charge in [0.25, 0.3) is 5.91 Å². The van der Waals surface area contributed by atoms with Crippen LogP contribution in [0.2, 0.25) is 10.0 Å². The number of amides is 1. The predicted molar refractivity (Wildman–Crippen MR) is 128 cm³/mol. The lowest BCUT2D eigenvalue weighted by Gasteiger charge is -2.34. The number of ketones is 1. The Balaban J connectivity index is 1.64. The Bertz CT molecular complexity index is 1350. The highest BCUT2D eigenvalue weighted by Crippen LogP contribution is 2.37. The normalized spacial score (nSPS) is 15.4. The van der Waals surface area contributed by atoms with Crippen molar-refractivity contribution in [1.82, 2.24) is 0 Å². The molecule has 0 saturated carbocycles. The predicted octanol–water partition coefficient (Wildman–Crippen LogP) is 4.39. The Morgan fingerprint density at radius 3 is 2.36 bits per heavy atom. The third kappa shape index (κ3) is 4.98. The van der Waals surface area contributed by atoms with Crippen molar-refractivity contribution in [1.29, 1.82) is 0 Å². The van der Waals surface area contributed by atoms with E-state index >= 15 is 0 Å². The van der Waals surface area contributed by atoms with Crippen LogP contribution in [0.3, 0.4) is 0 Å². The van der Waals surface area contributed by atoms with Crippen LogP contribution in [0.4, 0.5) is 11.4 Å². The number of nitrogens with one attached hydrogen (secondary N) is 1. The van der Waals surface area contributed by atoms with Crippen LogP contribution in [0.25, 0.3) is 0 Å². The summed E-state index contributed by atoms with van der Waals surface area (Å²) in [5, 5.41) is 3.34. The molecule has 1 aliphatic rings. The maximum Gasteiger partial charge on any atom is 0.267 e. The Kier molecular flexibility index (Phi) is 6.34. The van der Waals surface area contributed by atoms with Gasteiger partial charge in [-0.3, -0.25) is 13.9 Å². The van der Waals surface area contributed by atoms with Gasteiger partial charge in [0.05, 0.1) is 24.2 Å². The highest BCUT2D eigenvalue weighted by molar-refractivity contribution is 7.92. The Morgan fingerprint density at radius 2 is 1.67 bits per heavy atom. The monoisotopic (exact) mass is 504 g/mol. The van der Waals surface area contributed by atoms with Crippen molar-refractivity contribution < 1.29 is 22.7 Å². The largest absolute Gasteiger partial charge is 0.476 e. The maximum absolute atomic E-state index is 13.1. The van der Waals surface area contributed by atoms with E-state index in [1.54, 1.807) is 36.4 Å². The molecular weight excluding hydrogens is 487 g/mol. The number of rotatable bonds is 5. The summed E-state index contributed by atoms with van der Waals surface area (Å²) in [5.74, 6) is -0.739. The summed E-state index contributed by atoms with van der Waals surface area (Å²) in [5.41, 5.74) is 1.11. The van der Waals surface area contributed by atoms with Gasteiger partial charge in [-0.2, -0.15) is 0 Å². The first-order valence-corrected chi connectivity index (χ1v) is 12.4. The van der Waals surface area contributed by atoms with Gasteiger partial charge in [0, 0.05) is 21.2 Å². The molecule has 0 radical (unpaired) electrons. The molecule has 1 N–H and O–H groups in total. The zero-order valence-corrected chi connectivity index (χ0v) is 19.6. The molecule has 1 heterocycles. The van der Waals surface area contributed by atoms with E-state index in [-0.39, 0.29) is 35.0 Å². The summed E-state index contributed by atoms with van der Waals surface area (Å²) in [7, 11) is -3.72. The van der Waals surface area contributed by atoms with Crippen molar-refractivity contribution in [2.75, 3.05) is 22.4 Å². The fraction of sp³-hybridized carbons (Fsp3) is 0.130. The Labute approximate surface area is 200 Å². The molecule has 170 valence electrons. The summed E-state index contributed by atoms with van der Waals surface area (Å²) in [6.45, 7) is -0.256. The Morgan fingerprint density at radius 1 is 1.00 bits per heavy atom. The van der Waals surface area contributed by atoms with Crippen LogP contribution in [0.5, 0.6) is 5.75 Å². The second kappa shape index (κ2) is 9.05. The van der Waals surface area contributed by atoms with E-state index < -0.39 is 22.0 Å². The number of sulfonamides is 1. The number of hydrogen-bond acceptors (Lipinski definition) is 5. The smallest absolute Gasteiger partial charge is 0.267 e. The van der Waals surface area contributed by atoms with Crippen molar-refractivity contribution in [2.45, 2.75) is 6.10 Å². The number of nitrogens with zero attached hydrogens (tertiary/aromatic N) is 1. The molecule has 0 spiro atoms. The van der Waals surface area contributed by atoms with Gasteiger partial charge in [-0.25, -0.2) is 8.42 Å². The zero-order chi connectivity index (χ0) is 23.8. The molecule has 3 aromatic rings. The highest BCUT2D eigenvalue weighted by Gasteiger charge is 2.35. The first kappa shape index (κ1) is 23.1. The molecule has 1 amide bonds. The minimum atomic E-state index is -3.72. The molecule has 10 heteroatoms. The zero-order valence-electron chi connectivity index (χ0n) is 17.3. The first-order valence-electron chi connectivity index (χ1n) is 9.77. The van der Waals surface area contributed by atoms with Gasteiger partial charge in [-0.15, -0.1) is 0 Å². The van der Waals surface area contributed by atoms with Crippen LogP contribution in [-0.2, 0) is 14.8 Å². The average Bonchev–Trinajstić information content (AvgIpc) is 2.78. The molecular formula is C23H18Cl2N2O5S. The van der Waals surface area contributed by atoms with Gasteiger partial charge >= 0.3 is 0 Å². The number of hydrogen-bond donors (Lipinski definition) is 1. The fourth-order valence-electron chi connectivity index (χ4n) is 3.45. The van der Waals surface area contributed by atoms with Crippen LogP contribution in [0.15, 0.2) is 66.7 Å². The molecule has 0 bridgehead atoms. The fourth-order valence-corrected chi connectivity index (χ4v) is 4.69. The van der Waals surface area contributed by atoms with Crippen LogP contribution < -0.4 is 14.4 Å². The molecule has 1 aliphatic heterocycles. The number of anilines is 2. The van der Waals surface area contributed by atoms with Gasteiger partial charge in [0.2, 0.25) is 10.0 Å². The van der Waals surface area contributed by atoms with Crippen LogP contribution >= 0.6 is 23.2 Å².